The molecule has 0 radical (unpaired) electrons. The molecule has 0 spiro atoms. The predicted molar refractivity (Wildman–Crippen MR) is 59.5 cm³/mol. The number of rotatable bonds is 2. The fraction of sp³-hybridized carbons (Fsp3) is 0.917. The summed E-state index contributed by atoms with van der Waals surface area (Å²) in [6, 6.07) is 0.0967. The zero-order valence-electron chi connectivity index (χ0n) is 9.51. The summed E-state index contributed by atoms with van der Waals surface area (Å²) in [5.74, 6) is 1.77. The molecule has 2 saturated carbocycles. The number of fused-ring (bicyclic) bond motifs is 2. The Bertz CT molecular complexity index is 299. The van der Waals surface area contributed by atoms with Crippen molar-refractivity contribution < 1.29 is 9.90 Å². The molecule has 1 heterocycles. The zero-order chi connectivity index (χ0) is 11.3. The molecule has 4 heteroatoms. The monoisotopic (exact) mass is 224 g/mol. The first kappa shape index (κ1) is 10.5. The van der Waals surface area contributed by atoms with Crippen LogP contribution in [0.3, 0.4) is 0 Å². The average Bonchev–Trinajstić information content (AvgIpc) is 2.75. The highest BCUT2D eigenvalue weighted by Gasteiger charge is 2.51. The van der Waals surface area contributed by atoms with Gasteiger partial charge in [0.25, 0.3) is 0 Å². The summed E-state index contributed by atoms with van der Waals surface area (Å²) in [6.45, 7) is 1.67. The van der Waals surface area contributed by atoms with Crippen LogP contribution in [-0.2, 0) is 4.79 Å². The third-order valence-corrected chi connectivity index (χ3v) is 4.79. The van der Waals surface area contributed by atoms with Gasteiger partial charge in [0.1, 0.15) is 0 Å². The quantitative estimate of drug-likeness (QED) is 0.683. The van der Waals surface area contributed by atoms with Crippen molar-refractivity contribution in [3.05, 3.63) is 0 Å². The molecular formula is C12H20N2O2. The maximum absolute atomic E-state index is 12.3. The van der Waals surface area contributed by atoms with Gasteiger partial charge in [-0.2, -0.15) is 0 Å². The standard InChI is InChI=1S/C12H20N2O2/c13-11-9-2-1-8(3-9)10(11)12(16)14-4-7(5-14)6-15/h7-11,15H,1-6,13H2. The molecule has 1 saturated heterocycles. The molecule has 2 bridgehead atoms. The van der Waals surface area contributed by atoms with E-state index in [1.54, 1.807) is 0 Å². The molecule has 16 heavy (non-hydrogen) atoms. The smallest absolute Gasteiger partial charge is 0.227 e. The van der Waals surface area contributed by atoms with Crippen LogP contribution in [-0.4, -0.2) is 41.7 Å². The van der Waals surface area contributed by atoms with Gasteiger partial charge in [-0.3, -0.25) is 4.79 Å². The summed E-state index contributed by atoms with van der Waals surface area (Å²) in [5, 5.41) is 8.95. The first-order valence-electron chi connectivity index (χ1n) is 6.36. The van der Waals surface area contributed by atoms with Crippen LogP contribution in [0.1, 0.15) is 19.3 Å². The lowest BCUT2D eigenvalue weighted by molar-refractivity contribution is -0.145. The SMILES string of the molecule is NC1C2CCC(C2)C1C(=O)N1CC(CO)C1. The molecule has 4 unspecified atom stereocenters. The molecule has 4 nitrogen and oxygen atoms in total. The molecule has 1 amide bonds. The molecule has 0 aromatic rings. The largest absolute Gasteiger partial charge is 0.396 e. The molecule has 3 aliphatic rings. The number of hydrogen-bond acceptors (Lipinski definition) is 3. The fourth-order valence-electron chi connectivity index (χ4n) is 3.78. The second-order valence-electron chi connectivity index (χ2n) is 5.73. The summed E-state index contributed by atoms with van der Waals surface area (Å²) in [6.07, 6.45) is 3.57. The van der Waals surface area contributed by atoms with Crippen LogP contribution in [0.5, 0.6) is 0 Å². The van der Waals surface area contributed by atoms with E-state index in [9.17, 15) is 4.79 Å². The topological polar surface area (TPSA) is 66.6 Å². The number of aliphatic hydroxyl groups excluding tert-OH is 1. The van der Waals surface area contributed by atoms with Crippen molar-refractivity contribution in [3.8, 4) is 0 Å². The summed E-state index contributed by atoms with van der Waals surface area (Å²) in [5.41, 5.74) is 6.15. The van der Waals surface area contributed by atoms with Gasteiger partial charge in [0.05, 0.1) is 5.92 Å². The van der Waals surface area contributed by atoms with Crippen molar-refractivity contribution in [2.45, 2.75) is 25.3 Å². The van der Waals surface area contributed by atoms with Gasteiger partial charge in [-0.1, -0.05) is 0 Å². The number of likely N-dealkylation sites (tertiary alicyclic amines) is 1. The first-order valence-corrected chi connectivity index (χ1v) is 6.36. The van der Waals surface area contributed by atoms with E-state index >= 15 is 0 Å². The Morgan fingerprint density at radius 3 is 2.56 bits per heavy atom. The Labute approximate surface area is 95.8 Å². The third kappa shape index (κ3) is 1.39. The van der Waals surface area contributed by atoms with E-state index in [0.717, 1.165) is 19.5 Å². The Hall–Kier alpha value is -0.610. The maximum Gasteiger partial charge on any atom is 0.227 e. The molecule has 0 aromatic carbocycles. The lowest BCUT2D eigenvalue weighted by Gasteiger charge is -2.42. The van der Waals surface area contributed by atoms with Crippen LogP contribution in [0.15, 0.2) is 0 Å². The Morgan fingerprint density at radius 2 is 2.00 bits per heavy atom. The molecule has 4 atom stereocenters. The summed E-state index contributed by atoms with van der Waals surface area (Å²) >= 11 is 0. The lowest BCUT2D eigenvalue weighted by Crippen LogP contribution is -2.56. The van der Waals surface area contributed by atoms with Gasteiger partial charge in [-0.05, 0) is 31.1 Å². The van der Waals surface area contributed by atoms with Gasteiger partial charge >= 0.3 is 0 Å². The normalized spacial score (nSPS) is 42.5. The summed E-state index contributed by atoms with van der Waals surface area (Å²) < 4.78 is 0. The van der Waals surface area contributed by atoms with Crippen molar-refractivity contribution in [2.24, 2.45) is 29.4 Å². The van der Waals surface area contributed by atoms with Crippen LogP contribution < -0.4 is 5.73 Å². The fourth-order valence-corrected chi connectivity index (χ4v) is 3.78. The highest BCUT2D eigenvalue weighted by Crippen LogP contribution is 2.48. The van der Waals surface area contributed by atoms with Crippen molar-refractivity contribution in [1.29, 1.82) is 0 Å². The molecule has 0 aromatic heterocycles. The van der Waals surface area contributed by atoms with Crippen molar-refractivity contribution in [2.75, 3.05) is 19.7 Å². The van der Waals surface area contributed by atoms with E-state index in [2.05, 4.69) is 0 Å². The van der Waals surface area contributed by atoms with Crippen molar-refractivity contribution in [3.63, 3.8) is 0 Å². The number of carbonyl (C=O) groups excluding carboxylic acids is 1. The van der Waals surface area contributed by atoms with E-state index in [0.29, 0.717) is 17.8 Å². The van der Waals surface area contributed by atoms with Gasteiger partial charge in [0.15, 0.2) is 0 Å². The van der Waals surface area contributed by atoms with Gasteiger partial charge in [0.2, 0.25) is 5.91 Å². The summed E-state index contributed by atoms with van der Waals surface area (Å²) in [4.78, 5) is 14.1. The molecule has 2 aliphatic carbocycles. The average molecular weight is 224 g/mol. The van der Waals surface area contributed by atoms with Crippen LogP contribution >= 0.6 is 0 Å². The number of carbonyl (C=O) groups is 1. The zero-order valence-corrected chi connectivity index (χ0v) is 9.51. The number of aliphatic hydroxyl groups is 1. The Morgan fingerprint density at radius 1 is 1.31 bits per heavy atom. The molecule has 3 rings (SSSR count). The number of hydrogen-bond donors (Lipinski definition) is 2. The van der Waals surface area contributed by atoms with E-state index in [1.807, 2.05) is 4.90 Å². The van der Waals surface area contributed by atoms with Gasteiger partial charge in [-0.25, -0.2) is 0 Å². The van der Waals surface area contributed by atoms with E-state index < -0.39 is 0 Å². The van der Waals surface area contributed by atoms with E-state index in [1.165, 1.54) is 12.8 Å². The third-order valence-electron chi connectivity index (χ3n) is 4.79. The second kappa shape index (κ2) is 3.70. The Balaban J connectivity index is 1.63. The van der Waals surface area contributed by atoms with Crippen LogP contribution in [0, 0.1) is 23.7 Å². The van der Waals surface area contributed by atoms with Gasteiger partial charge in [0, 0.05) is 31.7 Å². The van der Waals surface area contributed by atoms with Crippen LogP contribution in [0.2, 0.25) is 0 Å². The predicted octanol–water partition coefficient (Wildman–Crippen LogP) is -0.190. The molecule has 90 valence electrons. The number of nitrogens with zero attached hydrogens (tertiary/aromatic N) is 1. The minimum absolute atomic E-state index is 0.0818. The molecule has 3 N–H and O–H groups in total. The van der Waals surface area contributed by atoms with Crippen LogP contribution in [0.4, 0.5) is 0 Å². The van der Waals surface area contributed by atoms with Crippen LogP contribution in [0.25, 0.3) is 0 Å². The first-order chi connectivity index (χ1) is 7.70. The highest BCUT2D eigenvalue weighted by atomic mass is 16.3. The summed E-state index contributed by atoms with van der Waals surface area (Å²) in [7, 11) is 0. The minimum atomic E-state index is 0.0818. The number of nitrogens with two attached hydrogens (primary N) is 1. The second-order valence-corrected chi connectivity index (χ2v) is 5.73. The maximum atomic E-state index is 12.3. The number of amides is 1. The van der Waals surface area contributed by atoms with E-state index in [-0.39, 0.29) is 24.5 Å². The van der Waals surface area contributed by atoms with Gasteiger partial charge < -0.3 is 15.7 Å². The minimum Gasteiger partial charge on any atom is -0.396 e. The highest BCUT2D eigenvalue weighted by molar-refractivity contribution is 5.81. The lowest BCUT2D eigenvalue weighted by atomic mass is 9.83. The van der Waals surface area contributed by atoms with Crippen molar-refractivity contribution >= 4 is 5.91 Å². The Kier molecular flexibility index (Phi) is 2.44. The molecule has 3 fully saturated rings. The molecule has 1 aliphatic heterocycles. The van der Waals surface area contributed by atoms with Crippen molar-refractivity contribution in [1.82, 2.24) is 4.90 Å². The van der Waals surface area contributed by atoms with Gasteiger partial charge in [-0.15, -0.1) is 0 Å². The molecular weight excluding hydrogens is 204 g/mol. The van der Waals surface area contributed by atoms with E-state index in [4.69, 9.17) is 10.8 Å².